The summed E-state index contributed by atoms with van der Waals surface area (Å²) in [4.78, 5) is 29.9. The van der Waals surface area contributed by atoms with Crippen molar-refractivity contribution in [3.05, 3.63) is 90.9 Å². The third-order valence-electron chi connectivity index (χ3n) is 7.73. The molecule has 5 heterocycles. The van der Waals surface area contributed by atoms with Gasteiger partial charge < -0.3 is 20.1 Å². The number of H-pyrrole nitrogens is 2. The SMILES string of the molecule is CN1CCN(c2ccnc3[nH]c(-c4n[nH]c5ccc(-c6cncc(NC(=O)Cc7ccccc7)c6)cc45)cc23)CC1. The highest BCUT2D eigenvalue weighted by molar-refractivity contribution is 6.00. The van der Waals surface area contributed by atoms with Crippen LogP contribution >= 0.6 is 0 Å². The van der Waals surface area contributed by atoms with Gasteiger partial charge in [0.2, 0.25) is 5.91 Å². The average Bonchev–Trinajstić information content (AvgIpc) is 3.62. The standard InChI is InChI=1S/C32H30N8O/c1-39-11-13-40(14-12-39)29-9-10-34-32-26(29)18-28(36-32)31-25-17-22(7-8-27(25)37-38-31)23-16-24(20-33-19-23)35-30(41)15-21-5-3-2-4-6-21/h2-10,16-20H,11-15H2,1H3,(H,34,36)(H,35,41)(H,37,38). The molecule has 1 aliphatic heterocycles. The Kier molecular flexibility index (Phi) is 6.41. The van der Waals surface area contributed by atoms with Crippen LogP contribution in [0.5, 0.6) is 0 Å². The highest BCUT2D eigenvalue weighted by Gasteiger charge is 2.19. The first-order chi connectivity index (χ1) is 20.1. The Balaban J connectivity index is 1.18. The van der Waals surface area contributed by atoms with E-state index in [0.717, 1.165) is 76.2 Å². The Morgan fingerprint density at radius 2 is 1.78 bits per heavy atom. The van der Waals surface area contributed by atoms with Crippen LogP contribution in [-0.2, 0) is 11.2 Å². The minimum absolute atomic E-state index is 0.0777. The minimum Gasteiger partial charge on any atom is -0.368 e. The summed E-state index contributed by atoms with van der Waals surface area (Å²) < 4.78 is 0. The van der Waals surface area contributed by atoms with Crippen LogP contribution < -0.4 is 10.2 Å². The summed E-state index contributed by atoms with van der Waals surface area (Å²) in [5, 5.41) is 12.9. The number of aromatic nitrogens is 5. The molecule has 3 N–H and O–H groups in total. The molecule has 4 aromatic heterocycles. The second kappa shape index (κ2) is 10.5. The van der Waals surface area contributed by atoms with Crippen molar-refractivity contribution in [2.24, 2.45) is 0 Å². The van der Waals surface area contributed by atoms with Crippen LogP contribution in [0.25, 0.3) is 44.5 Å². The van der Waals surface area contributed by atoms with Gasteiger partial charge in [-0.3, -0.25) is 14.9 Å². The summed E-state index contributed by atoms with van der Waals surface area (Å²) in [5.74, 6) is -0.0777. The fourth-order valence-corrected chi connectivity index (χ4v) is 5.52. The third kappa shape index (κ3) is 5.03. The quantitative estimate of drug-likeness (QED) is 0.270. The monoisotopic (exact) mass is 542 g/mol. The van der Waals surface area contributed by atoms with Gasteiger partial charge in [0.1, 0.15) is 11.3 Å². The zero-order valence-electron chi connectivity index (χ0n) is 22.8. The summed E-state index contributed by atoms with van der Waals surface area (Å²) in [6.07, 6.45) is 5.66. The maximum Gasteiger partial charge on any atom is 0.228 e. The minimum atomic E-state index is -0.0777. The lowest BCUT2D eigenvalue weighted by Crippen LogP contribution is -2.44. The maximum atomic E-state index is 12.6. The van der Waals surface area contributed by atoms with Crippen LogP contribution in [0.1, 0.15) is 5.56 Å². The second-order valence-electron chi connectivity index (χ2n) is 10.6. The van der Waals surface area contributed by atoms with E-state index < -0.39 is 0 Å². The van der Waals surface area contributed by atoms with E-state index in [4.69, 9.17) is 0 Å². The molecule has 0 saturated carbocycles. The Hall–Kier alpha value is -5.02. The molecule has 0 bridgehead atoms. The Morgan fingerprint density at radius 1 is 0.927 bits per heavy atom. The smallest absolute Gasteiger partial charge is 0.228 e. The largest absolute Gasteiger partial charge is 0.368 e. The molecule has 7 rings (SSSR count). The van der Waals surface area contributed by atoms with Gasteiger partial charge in [0.05, 0.1) is 29.5 Å². The number of hydrogen-bond donors (Lipinski definition) is 3. The van der Waals surface area contributed by atoms with Crippen LogP contribution in [0.2, 0.25) is 0 Å². The molecule has 6 aromatic rings. The molecular formula is C32H30N8O. The number of anilines is 2. The van der Waals surface area contributed by atoms with Gasteiger partial charge in [-0.2, -0.15) is 5.10 Å². The van der Waals surface area contributed by atoms with Gasteiger partial charge in [-0.1, -0.05) is 36.4 Å². The summed E-state index contributed by atoms with van der Waals surface area (Å²) in [5.41, 5.74) is 8.27. The number of piperazine rings is 1. The summed E-state index contributed by atoms with van der Waals surface area (Å²) >= 11 is 0. The van der Waals surface area contributed by atoms with Gasteiger partial charge in [-0.25, -0.2) is 4.98 Å². The van der Waals surface area contributed by atoms with Gasteiger partial charge >= 0.3 is 0 Å². The van der Waals surface area contributed by atoms with Crippen molar-refractivity contribution in [3.8, 4) is 22.5 Å². The zero-order chi connectivity index (χ0) is 27.8. The first kappa shape index (κ1) is 25.0. The molecule has 204 valence electrons. The first-order valence-corrected chi connectivity index (χ1v) is 13.8. The van der Waals surface area contributed by atoms with E-state index in [-0.39, 0.29) is 5.91 Å². The number of pyridine rings is 2. The van der Waals surface area contributed by atoms with E-state index in [0.29, 0.717) is 12.1 Å². The van der Waals surface area contributed by atoms with E-state index in [9.17, 15) is 4.79 Å². The number of carbonyl (C=O) groups excluding carboxylic acids is 1. The topological polar surface area (TPSA) is 106 Å². The van der Waals surface area contributed by atoms with E-state index in [1.807, 2.05) is 60.9 Å². The lowest BCUT2D eigenvalue weighted by atomic mass is 10.0. The molecule has 1 saturated heterocycles. The average molecular weight is 543 g/mol. The molecule has 1 fully saturated rings. The number of amides is 1. The van der Waals surface area contributed by atoms with Crippen LogP contribution in [0, 0.1) is 0 Å². The van der Waals surface area contributed by atoms with E-state index >= 15 is 0 Å². The van der Waals surface area contributed by atoms with Crippen molar-refractivity contribution in [2.75, 3.05) is 43.4 Å². The summed E-state index contributed by atoms with van der Waals surface area (Å²) in [6.45, 7) is 4.07. The van der Waals surface area contributed by atoms with Crippen molar-refractivity contribution in [2.45, 2.75) is 6.42 Å². The fourth-order valence-electron chi connectivity index (χ4n) is 5.52. The number of nitrogens with zero attached hydrogens (tertiary/aromatic N) is 5. The summed E-state index contributed by atoms with van der Waals surface area (Å²) in [6, 6.07) is 22.1. The zero-order valence-corrected chi connectivity index (χ0v) is 22.8. The number of benzene rings is 2. The Labute approximate surface area is 237 Å². The van der Waals surface area contributed by atoms with E-state index in [1.165, 1.54) is 5.69 Å². The summed E-state index contributed by atoms with van der Waals surface area (Å²) in [7, 11) is 2.17. The molecule has 41 heavy (non-hydrogen) atoms. The van der Waals surface area contributed by atoms with Crippen molar-refractivity contribution in [1.29, 1.82) is 0 Å². The van der Waals surface area contributed by atoms with Gasteiger partial charge in [0, 0.05) is 60.6 Å². The highest BCUT2D eigenvalue weighted by Crippen LogP contribution is 2.34. The predicted molar refractivity (Wildman–Crippen MR) is 163 cm³/mol. The van der Waals surface area contributed by atoms with Gasteiger partial charge in [-0.05, 0) is 48.5 Å². The molecule has 1 amide bonds. The molecule has 9 nitrogen and oxygen atoms in total. The first-order valence-electron chi connectivity index (χ1n) is 13.8. The number of likely N-dealkylation sites (N-methyl/N-ethyl adjacent to an activating group) is 1. The number of nitrogens with one attached hydrogen (secondary N) is 3. The van der Waals surface area contributed by atoms with Crippen LogP contribution in [0.15, 0.2) is 85.3 Å². The Bertz CT molecular complexity index is 1850. The number of aromatic amines is 2. The van der Waals surface area contributed by atoms with Crippen LogP contribution in [0.3, 0.4) is 0 Å². The molecule has 0 atom stereocenters. The lowest BCUT2D eigenvalue weighted by Gasteiger charge is -2.34. The lowest BCUT2D eigenvalue weighted by molar-refractivity contribution is -0.115. The number of rotatable bonds is 6. The number of fused-ring (bicyclic) bond motifs is 2. The van der Waals surface area contributed by atoms with Gasteiger partial charge in [-0.15, -0.1) is 0 Å². The molecule has 0 radical (unpaired) electrons. The molecule has 9 heteroatoms. The third-order valence-corrected chi connectivity index (χ3v) is 7.73. The predicted octanol–water partition coefficient (Wildman–Crippen LogP) is 5.10. The molecular weight excluding hydrogens is 512 g/mol. The highest BCUT2D eigenvalue weighted by atomic mass is 16.1. The molecule has 0 spiro atoms. The van der Waals surface area contributed by atoms with Crippen LogP contribution in [0.4, 0.5) is 11.4 Å². The second-order valence-corrected chi connectivity index (χ2v) is 10.6. The molecule has 1 aliphatic rings. The normalized spacial score (nSPS) is 14.1. The maximum absolute atomic E-state index is 12.6. The van der Waals surface area contributed by atoms with Gasteiger partial charge in [0.15, 0.2) is 0 Å². The van der Waals surface area contributed by atoms with Crippen molar-refractivity contribution in [1.82, 2.24) is 30.0 Å². The number of carbonyl (C=O) groups is 1. The number of hydrogen-bond acceptors (Lipinski definition) is 6. The van der Waals surface area contributed by atoms with E-state index in [1.54, 1.807) is 6.20 Å². The van der Waals surface area contributed by atoms with Crippen molar-refractivity contribution in [3.63, 3.8) is 0 Å². The molecule has 0 unspecified atom stereocenters. The van der Waals surface area contributed by atoms with E-state index in [2.05, 4.69) is 65.5 Å². The van der Waals surface area contributed by atoms with Crippen molar-refractivity contribution >= 4 is 39.2 Å². The van der Waals surface area contributed by atoms with Gasteiger partial charge in [0.25, 0.3) is 0 Å². The fraction of sp³-hybridized carbons (Fsp3) is 0.188. The Morgan fingerprint density at radius 3 is 2.63 bits per heavy atom. The molecule has 2 aromatic carbocycles. The van der Waals surface area contributed by atoms with Crippen molar-refractivity contribution < 1.29 is 4.79 Å². The molecule has 0 aliphatic carbocycles. The van der Waals surface area contributed by atoms with Crippen LogP contribution in [-0.4, -0.2) is 69.2 Å².